The van der Waals surface area contributed by atoms with Gasteiger partial charge in [-0.05, 0) is 37.5 Å². The lowest BCUT2D eigenvalue weighted by Gasteiger charge is -2.29. The summed E-state index contributed by atoms with van der Waals surface area (Å²) < 4.78 is 9.39. The predicted molar refractivity (Wildman–Crippen MR) is 91.3 cm³/mol. The highest BCUT2D eigenvalue weighted by atomic mass is 32.1. The molecule has 5 nitrogen and oxygen atoms in total. The number of benzene rings is 1. The number of nitrogens with one attached hydrogen (secondary N) is 1. The molecule has 1 aromatic heterocycles. The molecule has 22 heavy (non-hydrogen) atoms. The van der Waals surface area contributed by atoms with E-state index in [1.165, 1.54) is 36.5 Å². The van der Waals surface area contributed by atoms with E-state index in [-0.39, 0.29) is 0 Å². The quantitative estimate of drug-likeness (QED) is 0.884. The molecule has 0 bridgehead atoms. The van der Waals surface area contributed by atoms with Crippen LogP contribution in [0.4, 0.5) is 16.5 Å². The van der Waals surface area contributed by atoms with Crippen molar-refractivity contribution in [1.29, 1.82) is 0 Å². The van der Waals surface area contributed by atoms with Crippen LogP contribution in [0.1, 0.15) is 25.1 Å². The highest BCUT2D eigenvalue weighted by molar-refractivity contribution is 7.09. The first-order valence-electron chi connectivity index (χ1n) is 7.79. The van der Waals surface area contributed by atoms with Crippen LogP contribution in [0.2, 0.25) is 0 Å². The van der Waals surface area contributed by atoms with E-state index in [0.717, 1.165) is 36.2 Å². The largest absolute Gasteiger partial charge is 0.384 e. The van der Waals surface area contributed by atoms with Crippen molar-refractivity contribution in [2.45, 2.75) is 25.7 Å². The number of methoxy groups -OCH3 is 1. The molecule has 0 atom stereocenters. The SMILES string of the molecule is COCCc1nsc(Nc2cccc(N3CCCCC3)c2)n1. The zero-order valence-corrected chi connectivity index (χ0v) is 13.7. The Labute approximate surface area is 135 Å². The fourth-order valence-electron chi connectivity index (χ4n) is 2.66. The van der Waals surface area contributed by atoms with Crippen molar-refractivity contribution in [3.05, 3.63) is 30.1 Å². The zero-order valence-electron chi connectivity index (χ0n) is 12.9. The second-order valence-corrected chi connectivity index (χ2v) is 6.23. The summed E-state index contributed by atoms with van der Waals surface area (Å²) in [6.45, 7) is 2.97. The normalized spacial score (nSPS) is 15.0. The Morgan fingerprint density at radius 1 is 1.27 bits per heavy atom. The van der Waals surface area contributed by atoms with Gasteiger partial charge in [-0.3, -0.25) is 0 Å². The van der Waals surface area contributed by atoms with Crippen molar-refractivity contribution in [2.75, 3.05) is 37.0 Å². The molecule has 3 rings (SSSR count). The number of piperidine rings is 1. The van der Waals surface area contributed by atoms with E-state index in [0.29, 0.717) is 6.61 Å². The average molecular weight is 318 g/mol. The third kappa shape index (κ3) is 3.96. The van der Waals surface area contributed by atoms with E-state index in [9.17, 15) is 0 Å². The number of aromatic nitrogens is 2. The van der Waals surface area contributed by atoms with Gasteiger partial charge in [0.15, 0.2) is 0 Å². The van der Waals surface area contributed by atoms with Crippen LogP contribution in [-0.2, 0) is 11.2 Å². The molecule has 0 amide bonds. The summed E-state index contributed by atoms with van der Waals surface area (Å²) in [6, 6.07) is 8.55. The summed E-state index contributed by atoms with van der Waals surface area (Å²) >= 11 is 1.39. The minimum Gasteiger partial charge on any atom is -0.384 e. The molecule has 0 aliphatic carbocycles. The van der Waals surface area contributed by atoms with Gasteiger partial charge in [-0.25, -0.2) is 4.98 Å². The van der Waals surface area contributed by atoms with Gasteiger partial charge in [-0.2, -0.15) is 4.37 Å². The first kappa shape index (κ1) is 15.2. The van der Waals surface area contributed by atoms with Gasteiger partial charge in [-0.1, -0.05) is 6.07 Å². The van der Waals surface area contributed by atoms with E-state index in [2.05, 4.69) is 43.8 Å². The lowest BCUT2D eigenvalue weighted by molar-refractivity contribution is 0.201. The van der Waals surface area contributed by atoms with Crippen LogP contribution >= 0.6 is 11.5 Å². The number of ether oxygens (including phenoxy) is 1. The maximum atomic E-state index is 5.05. The van der Waals surface area contributed by atoms with Gasteiger partial charge in [0.2, 0.25) is 5.13 Å². The standard InChI is InChI=1S/C16H22N4OS/c1-21-11-8-15-18-16(22-19-15)17-13-6-5-7-14(12-13)20-9-3-2-4-10-20/h5-7,12H,2-4,8-11H2,1H3,(H,17,18,19). The Balaban J connectivity index is 1.65. The van der Waals surface area contributed by atoms with Gasteiger partial charge in [0.1, 0.15) is 5.82 Å². The molecular weight excluding hydrogens is 296 g/mol. The maximum Gasteiger partial charge on any atom is 0.207 e. The molecule has 0 radical (unpaired) electrons. The third-order valence-corrected chi connectivity index (χ3v) is 4.48. The second-order valence-electron chi connectivity index (χ2n) is 5.48. The maximum absolute atomic E-state index is 5.05. The van der Waals surface area contributed by atoms with Crippen LogP contribution in [0, 0.1) is 0 Å². The summed E-state index contributed by atoms with van der Waals surface area (Å²) in [5, 5.41) is 4.19. The van der Waals surface area contributed by atoms with E-state index < -0.39 is 0 Å². The highest BCUT2D eigenvalue weighted by Crippen LogP contribution is 2.25. The minimum absolute atomic E-state index is 0.653. The Morgan fingerprint density at radius 2 is 2.14 bits per heavy atom. The number of nitrogens with zero attached hydrogens (tertiary/aromatic N) is 3. The number of hydrogen-bond donors (Lipinski definition) is 1. The predicted octanol–water partition coefficient (Wildman–Crippen LogP) is 3.46. The van der Waals surface area contributed by atoms with Gasteiger partial charge in [-0.15, -0.1) is 0 Å². The van der Waals surface area contributed by atoms with Crippen molar-refractivity contribution < 1.29 is 4.74 Å². The summed E-state index contributed by atoms with van der Waals surface area (Å²) in [5.41, 5.74) is 2.35. The van der Waals surface area contributed by atoms with Crippen LogP contribution in [0.25, 0.3) is 0 Å². The number of hydrogen-bond acceptors (Lipinski definition) is 6. The summed E-state index contributed by atoms with van der Waals surface area (Å²) in [4.78, 5) is 6.95. The van der Waals surface area contributed by atoms with Crippen molar-refractivity contribution in [3.8, 4) is 0 Å². The summed E-state index contributed by atoms with van der Waals surface area (Å²) in [6.07, 6.45) is 4.68. The molecule has 1 aromatic carbocycles. The van der Waals surface area contributed by atoms with Crippen molar-refractivity contribution in [2.24, 2.45) is 0 Å². The average Bonchev–Trinajstić information content (AvgIpc) is 3.01. The van der Waals surface area contributed by atoms with Crippen molar-refractivity contribution >= 4 is 28.0 Å². The molecule has 1 aliphatic heterocycles. The van der Waals surface area contributed by atoms with Gasteiger partial charge in [0.05, 0.1) is 6.61 Å². The number of anilines is 3. The van der Waals surface area contributed by atoms with Gasteiger partial charge in [0.25, 0.3) is 0 Å². The molecule has 118 valence electrons. The molecule has 6 heteroatoms. The molecule has 2 aromatic rings. The fourth-order valence-corrected chi connectivity index (χ4v) is 3.29. The molecular formula is C16H22N4OS. The first-order valence-corrected chi connectivity index (χ1v) is 8.56. The van der Waals surface area contributed by atoms with Crippen molar-refractivity contribution in [3.63, 3.8) is 0 Å². The van der Waals surface area contributed by atoms with Crippen LogP contribution in [-0.4, -0.2) is 36.2 Å². The molecule has 1 aliphatic rings. The molecule has 1 N–H and O–H groups in total. The van der Waals surface area contributed by atoms with E-state index in [4.69, 9.17) is 4.74 Å². The molecule has 0 spiro atoms. The van der Waals surface area contributed by atoms with Crippen molar-refractivity contribution in [1.82, 2.24) is 9.36 Å². The van der Waals surface area contributed by atoms with Crippen LogP contribution < -0.4 is 10.2 Å². The van der Waals surface area contributed by atoms with E-state index in [1.54, 1.807) is 7.11 Å². The van der Waals surface area contributed by atoms with Gasteiger partial charge in [0, 0.05) is 49.5 Å². The smallest absolute Gasteiger partial charge is 0.207 e. The van der Waals surface area contributed by atoms with E-state index in [1.807, 2.05) is 0 Å². The van der Waals surface area contributed by atoms with Crippen LogP contribution in [0.15, 0.2) is 24.3 Å². The minimum atomic E-state index is 0.653. The zero-order chi connectivity index (χ0) is 15.2. The Kier molecular flexibility index (Phi) is 5.24. The Bertz CT molecular complexity index is 595. The van der Waals surface area contributed by atoms with Gasteiger partial charge >= 0.3 is 0 Å². The number of rotatable bonds is 6. The highest BCUT2D eigenvalue weighted by Gasteiger charge is 2.11. The first-order chi connectivity index (χ1) is 10.8. The molecule has 0 unspecified atom stereocenters. The fraction of sp³-hybridized carbons (Fsp3) is 0.500. The summed E-state index contributed by atoms with van der Waals surface area (Å²) in [7, 11) is 1.69. The summed E-state index contributed by atoms with van der Waals surface area (Å²) in [5.74, 6) is 0.835. The second kappa shape index (κ2) is 7.56. The molecule has 1 fully saturated rings. The van der Waals surface area contributed by atoms with Gasteiger partial charge < -0.3 is 15.0 Å². The van der Waals surface area contributed by atoms with Crippen LogP contribution in [0.3, 0.4) is 0 Å². The van der Waals surface area contributed by atoms with E-state index >= 15 is 0 Å². The lowest BCUT2D eigenvalue weighted by atomic mass is 10.1. The Hall–Kier alpha value is -1.66. The molecule has 2 heterocycles. The third-order valence-electron chi connectivity index (χ3n) is 3.82. The molecule has 0 saturated carbocycles. The topological polar surface area (TPSA) is 50.3 Å². The lowest BCUT2D eigenvalue weighted by Crippen LogP contribution is -2.29. The Morgan fingerprint density at radius 3 is 2.95 bits per heavy atom. The van der Waals surface area contributed by atoms with Crippen LogP contribution in [0.5, 0.6) is 0 Å². The monoisotopic (exact) mass is 318 g/mol. The molecule has 1 saturated heterocycles.